The SMILES string of the molecule is NCC(=O)c1cc(F)c(F)cc1N1CCCC1. The first-order valence-corrected chi connectivity index (χ1v) is 5.60. The van der Waals surface area contributed by atoms with Crippen molar-refractivity contribution in [1.82, 2.24) is 0 Å². The van der Waals surface area contributed by atoms with Crippen LogP contribution in [-0.2, 0) is 0 Å². The van der Waals surface area contributed by atoms with Crippen molar-refractivity contribution in [1.29, 1.82) is 0 Å². The van der Waals surface area contributed by atoms with Crippen LogP contribution in [0.2, 0.25) is 0 Å². The molecule has 1 aromatic rings. The van der Waals surface area contributed by atoms with Gasteiger partial charge in [-0.25, -0.2) is 8.78 Å². The molecule has 0 spiro atoms. The van der Waals surface area contributed by atoms with E-state index in [9.17, 15) is 13.6 Å². The number of hydrogen-bond donors (Lipinski definition) is 1. The molecule has 92 valence electrons. The number of carbonyl (C=O) groups excluding carboxylic acids is 1. The van der Waals surface area contributed by atoms with Gasteiger partial charge in [0.25, 0.3) is 0 Å². The molecule has 0 amide bonds. The van der Waals surface area contributed by atoms with E-state index in [2.05, 4.69) is 0 Å². The highest BCUT2D eigenvalue weighted by Gasteiger charge is 2.21. The number of nitrogens with zero attached hydrogens (tertiary/aromatic N) is 1. The second-order valence-electron chi connectivity index (χ2n) is 4.10. The lowest BCUT2D eigenvalue weighted by Crippen LogP contribution is -2.23. The normalized spacial score (nSPS) is 15.4. The van der Waals surface area contributed by atoms with Gasteiger partial charge in [0.05, 0.1) is 12.2 Å². The number of hydrogen-bond acceptors (Lipinski definition) is 3. The van der Waals surface area contributed by atoms with E-state index < -0.39 is 11.6 Å². The van der Waals surface area contributed by atoms with Crippen LogP contribution in [-0.4, -0.2) is 25.4 Å². The van der Waals surface area contributed by atoms with Crippen molar-refractivity contribution in [2.45, 2.75) is 12.8 Å². The monoisotopic (exact) mass is 240 g/mol. The molecule has 2 rings (SSSR count). The highest BCUT2D eigenvalue weighted by molar-refractivity contribution is 6.02. The van der Waals surface area contributed by atoms with E-state index in [-0.39, 0.29) is 17.9 Å². The van der Waals surface area contributed by atoms with Gasteiger partial charge < -0.3 is 10.6 Å². The third-order valence-electron chi connectivity index (χ3n) is 2.97. The Morgan fingerprint density at radius 2 is 1.82 bits per heavy atom. The van der Waals surface area contributed by atoms with Crippen LogP contribution in [0.25, 0.3) is 0 Å². The Morgan fingerprint density at radius 3 is 2.41 bits per heavy atom. The lowest BCUT2D eigenvalue weighted by atomic mass is 10.1. The Labute approximate surface area is 98.2 Å². The number of rotatable bonds is 3. The zero-order chi connectivity index (χ0) is 12.4. The fourth-order valence-corrected chi connectivity index (χ4v) is 2.09. The predicted molar refractivity (Wildman–Crippen MR) is 61.2 cm³/mol. The summed E-state index contributed by atoms with van der Waals surface area (Å²) in [7, 11) is 0. The zero-order valence-corrected chi connectivity index (χ0v) is 9.38. The fourth-order valence-electron chi connectivity index (χ4n) is 2.09. The molecule has 1 aliphatic heterocycles. The quantitative estimate of drug-likeness (QED) is 0.818. The minimum Gasteiger partial charge on any atom is -0.371 e. The van der Waals surface area contributed by atoms with Gasteiger partial charge in [0.2, 0.25) is 0 Å². The van der Waals surface area contributed by atoms with Gasteiger partial charge in [-0.05, 0) is 18.9 Å². The summed E-state index contributed by atoms with van der Waals surface area (Å²) >= 11 is 0. The van der Waals surface area contributed by atoms with Gasteiger partial charge in [-0.2, -0.15) is 0 Å². The molecule has 1 fully saturated rings. The third kappa shape index (κ3) is 2.29. The largest absolute Gasteiger partial charge is 0.371 e. The molecule has 1 saturated heterocycles. The Kier molecular flexibility index (Phi) is 3.38. The van der Waals surface area contributed by atoms with Gasteiger partial charge in [-0.15, -0.1) is 0 Å². The van der Waals surface area contributed by atoms with Gasteiger partial charge >= 0.3 is 0 Å². The second kappa shape index (κ2) is 4.79. The zero-order valence-electron chi connectivity index (χ0n) is 9.38. The number of carbonyl (C=O) groups is 1. The Balaban J connectivity index is 2.46. The number of halogens is 2. The summed E-state index contributed by atoms with van der Waals surface area (Å²) in [6.45, 7) is 1.32. The van der Waals surface area contributed by atoms with E-state index in [4.69, 9.17) is 5.73 Å². The highest BCUT2D eigenvalue weighted by Crippen LogP contribution is 2.27. The minimum atomic E-state index is -1.01. The summed E-state index contributed by atoms with van der Waals surface area (Å²) in [5, 5.41) is 0. The van der Waals surface area contributed by atoms with Crippen LogP contribution in [0.4, 0.5) is 14.5 Å². The maximum Gasteiger partial charge on any atom is 0.178 e. The molecule has 0 bridgehead atoms. The average Bonchev–Trinajstić information content (AvgIpc) is 2.84. The molecular weight excluding hydrogens is 226 g/mol. The molecule has 5 heteroatoms. The van der Waals surface area contributed by atoms with Crippen LogP contribution in [0.3, 0.4) is 0 Å². The summed E-state index contributed by atoms with van der Waals surface area (Å²) in [5.41, 5.74) is 5.91. The predicted octanol–water partition coefficient (Wildman–Crippen LogP) is 1.71. The molecule has 0 aromatic heterocycles. The van der Waals surface area contributed by atoms with Crippen molar-refractivity contribution in [2.24, 2.45) is 5.73 Å². The van der Waals surface area contributed by atoms with Crippen molar-refractivity contribution in [3.8, 4) is 0 Å². The summed E-state index contributed by atoms with van der Waals surface area (Å²) in [4.78, 5) is 13.5. The standard InChI is InChI=1S/C12H14F2N2O/c13-9-5-8(12(17)7-15)11(6-10(9)14)16-3-1-2-4-16/h5-6H,1-4,7,15H2. The van der Waals surface area contributed by atoms with E-state index in [1.165, 1.54) is 0 Å². The molecule has 0 saturated carbocycles. The van der Waals surface area contributed by atoms with E-state index in [1.807, 2.05) is 4.90 Å². The van der Waals surface area contributed by atoms with Gasteiger partial charge in [-0.1, -0.05) is 0 Å². The van der Waals surface area contributed by atoms with Gasteiger partial charge in [0.1, 0.15) is 0 Å². The molecule has 2 N–H and O–H groups in total. The molecule has 0 atom stereocenters. The summed E-state index contributed by atoms with van der Waals surface area (Å²) < 4.78 is 26.4. The first-order valence-electron chi connectivity index (χ1n) is 5.60. The average molecular weight is 240 g/mol. The maximum atomic E-state index is 13.2. The smallest absolute Gasteiger partial charge is 0.178 e. The van der Waals surface area contributed by atoms with Crippen molar-refractivity contribution in [3.63, 3.8) is 0 Å². The number of ketones is 1. The molecule has 17 heavy (non-hydrogen) atoms. The molecule has 0 aliphatic carbocycles. The van der Waals surface area contributed by atoms with Gasteiger partial charge in [0, 0.05) is 24.7 Å². The van der Waals surface area contributed by atoms with Crippen LogP contribution in [0, 0.1) is 11.6 Å². The van der Waals surface area contributed by atoms with Crippen molar-refractivity contribution in [2.75, 3.05) is 24.5 Å². The van der Waals surface area contributed by atoms with Gasteiger partial charge in [-0.3, -0.25) is 4.79 Å². The molecule has 0 unspecified atom stereocenters. The van der Waals surface area contributed by atoms with Gasteiger partial charge in [0.15, 0.2) is 17.4 Å². The molecule has 1 heterocycles. The minimum absolute atomic E-state index is 0.174. The number of benzene rings is 1. The third-order valence-corrected chi connectivity index (χ3v) is 2.97. The van der Waals surface area contributed by atoms with Crippen LogP contribution >= 0.6 is 0 Å². The van der Waals surface area contributed by atoms with E-state index >= 15 is 0 Å². The second-order valence-corrected chi connectivity index (χ2v) is 4.10. The van der Waals surface area contributed by atoms with Crippen molar-refractivity contribution < 1.29 is 13.6 Å². The van der Waals surface area contributed by atoms with Crippen LogP contribution < -0.4 is 10.6 Å². The van der Waals surface area contributed by atoms with E-state index in [0.717, 1.165) is 38.1 Å². The molecule has 1 aliphatic rings. The highest BCUT2D eigenvalue weighted by atomic mass is 19.2. The van der Waals surface area contributed by atoms with Crippen LogP contribution in [0.5, 0.6) is 0 Å². The van der Waals surface area contributed by atoms with Crippen LogP contribution in [0.1, 0.15) is 23.2 Å². The van der Waals surface area contributed by atoms with Crippen molar-refractivity contribution in [3.05, 3.63) is 29.3 Å². The topological polar surface area (TPSA) is 46.3 Å². The number of nitrogens with two attached hydrogens (primary N) is 1. The first-order chi connectivity index (χ1) is 8.13. The molecular formula is C12H14F2N2O. The van der Waals surface area contributed by atoms with Crippen molar-refractivity contribution >= 4 is 11.5 Å². The Hall–Kier alpha value is -1.49. The lowest BCUT2D eigenvalue weighted by molar-refractivity contribution is 0.100. The molecule has 0 radical (unpaired) electrons. The fraction of sp³-hybridized carbons (Fsp3) is 0.417. The maximum absolute atomic E-state index is 13.2. The Bertz CT molecular complexity index is 442. The van der Waals surface area contributed by atoms with Crippen LogP contribution in [0.15, 0.2) is 12.1 Å². The van der Waals surface area contributed by atoms with E-state index in [0.29, 0.717) is 5.69 Å². The molecule has 3 nitrogen and oxygen atoms in total. The lowest BCUT2D eigenvalue weighted by Gasteiger charge is -2.20. The number of anilines is 1. The summed E-state index contributed by atoms with van der Waals surface area (Å²) in [6, 6.07) is 2.03. The summed E-state index contributed by atoms with van der Waals surface area (Å²) in [6.07, 6.45) is 1.99. The first kappa shape index (κ1) is 12.0. The molecule has 1 aromatic carbocycles. The van der Waals surface area contributed by atoms with E-state index in [1.54, 1.807) is 0 Å². The summed E-state index contributed by atoms with van der Waals surface area (Å²) in [5.74, 6) is -2.31. The number of Topliss-reactive ketones (excluding diaryl/α,β-unsaturated/α-hetero) is 1. The Morgan fingerprint density at radius 1 is 1.24 bits per heavy atom.